The predicted molar refractivity (Wildman–Crippen MR) is 103 cm³/mol. The number of hydrogen-bond acceptors (Lipinski definition) is 3. The first-order valence-corrected chi connectivity index (χ1v) is 10.3. The minimum atomic E-state index is -3.43. The molecule has 0 unspecified atom stereocenters. The number of aryl methyl sites for hydroxylation is 3. The van der Waals surface area contributed by atoms with E-state index in [-0.39, 0.29) is 10.8 Å². The molecule has 2 aromatic carbocycles. The summed E-state index contributed by atoms with van der Waals surface area (Å²) in [5, 5.41) is 0. The number of benzene rings is 2. The Morgan fingerprint density at radius 1 is 1.15 bits per heavy atom. The van der Waals surface area contributed by atoms with Crippen LogP contribution in [0.15, 0.2) is 47.4 Å². The van der Waals surface area contributed by atoms with Gasteiger partial charge in [-0.2, -0.15) is 0 Å². The van der Waals surface area contributed by atoms with Crippen LogP contribution in [0.1, 0.15) is 29.5 Å². The Bertz CT molecular complexity index is 905. The SMILES string of the molecule is CNS(=O)(=O)c1ccc(CCC(=O)N2CCCc3cc(C)ccc32)cc1. The van der Waals surface area contributed by atoms with Crippen molar-refractivity contribution in [3.63, 3.8) is 0 Å². The number of carbonyl (C=O) groups is 1. The molecule has 0 fully saturated rings. The van der Waals surface area contributed by atoms with Crippen molar-refractivity contribution < 1.29 is 13.2 Å². The Kier molecular flexibility index (Phi) is 5.44. The number of anilines is 1. The second-order valence-corrected chi connectivity index (χ2v) is 8.52. The number of sulfonamides is 1. The molecule has 1 amide bonds. The van der Waals surface area contributed by atoms with Crippen LogP contribution in [0.5, 0.6) is 0 Å². The summed E-state index contributed by atoms with van der Waals surface area (Å²) in [7, 11) is -2.04. The van der Waals surface area contributed by atoms with E-state index < -0.39 is 10.0 Å². The van der Waals surface area contributed by atoms with E-state index in [1.807, 2.05) is 17.0 Å². The summed E-state index contributed by atoms with van der Waals surface area (Å²) in [5.41, 5.74) is 4.44. The quantitative estimate of drug-likeness (QED) is 0.878. The monoisotopic (exact) mass is 372 g/mol. The molecular weight excluding hydrogens is 348 g/mol. The Hall–Kier alpha value is -2.18. The van der Waals surface area contributed by atoms with Crippen LogP contribution < -0.4 is 9.62 Å². The molecule has 0 spiro atoms. The molecule has 1 aliphatic heterocycles. The summed E-state index contributed by atoms with van der Waals surface area (Å²) in [6.07, 6.45) is 3.00. The Morgan fingerprint density at radius 3 is 2.58 bits per heavy atom. The van der Waals surface area contributed by atoms with E-state index in [0.717, 1.165) is 30.6 Å². The topological polar surface area (TPSA) is 66.5 Å². The zero-order valence-corrected chi connectivity index (χ0v) is 16.0. The Morgan fingerprint density at radius 2 is 1.88 bits per heavy atom. The van der Waals surface area contributed by atoms with Gasteiger partial charge in [0.2, 0.25) is 15.9 Å². The maximum absolute atomic E-state index is 12.7. The van der Waals surface area contributed by atoms with Crippen molar-refractivity contribution >= 4 is 21.6 Å². The van der Waals surface area contributed by atoms with Crippen LogP contribution in [0.25, 0.3) is 0 Å². The Labute approximate surface area is 155 Å². The molecule has 0 saturated carbocycles. The lowest BCUT2D eigenvalue weighted by Crippen LogP contribution is -2.35. The zero-order valence-electron chi connectivity index (χ0n) is 15.2. The van der Waals surface area contributed by atoms with E-state index in [2.05, 4.69) is 17.7 Å². The van der Waals surface area contributed by atoms with E-state index >= 15 is 0 Å². The van der Waals surface area contributed by atoms with Crippen molar-refractivity contribution in [2.24, 2.45) is 0 Å². The number of fused-ring (bicyclic) bond motifs is 1. The second kappa shape index (κ2) is 7.60. The van der Waals surface area contributed by atoms with Crippen molar-refractivity contribution in [3.8, 4) is 0 Å². The molecule has 0 radical (unpaired) electrons. The molecule has 3 rings (SSSR count). The molecule has 2 aromatic rings. The fourth-order valence-corrected chi connectivity index (χ4v) is 4.05. The largest absolute Gasteiger partial charge is 0.312 e. The molecule has 26 heavy (non-hydrogen) atoms. The maximum atomic E-state index is 12.7. The third-order valence-electron chi connectivity index (χ3n) is 4.78. The van der Waals surface area contributed by atoms with Gasteiger partial charge in [-0.05, 0) is 62.6 Å². The highest BCUT2D eigenvalue weighted by Crippen LogP contribution is 2.28. The van der Waals surface area contributed by atoms with E-state index in [0.29, 0.717) is 12.8 Å². The van der Waals surface area contributed by atoms with Crippen LogP contribution >= 0.6 is 0 Å². The van der Waals surface area contributed by atoms with Crippen molar-refractivity contribution in [1.29, 1.82) is 0 Å². The second-order valence-electron chi connectivity index (χ2n) is 6.63. The molecule has 0 aromatic heterocycles. The van der Waals surface area contributed by atoms with Gasteiger partial charge in [0.15, 0.2) is 0 Å². The van der Waals surface area contributed by atoms with E-state index in [1.165, 1.54) is 18.2 Å². The number of amides is 1. The van der Waals surface area contributed by atoms with Crippen LogP contribution in [-0.4, -0.2) is 27.9 Å². The third-order valence-corrected chi connectivity index (χ3v) is 6.21. The molecule has 1 aliphatic rings. The van der Waals surface area contributed by atoms with E-state index in [1.54, 1.807) is 24.3 Å². The summed E-state index contributed by atoms with van der Waals surface area (Å²) in [5.74, 6) is 0.113. The van der Waals surface area contributed by atoms with E-state index in [9.17, 15) is 13.2 Å². The molecule has 0 aliphatic carbocycles. The lowest BCUT2D eigenvalue weighted by atomic mass is 9.99. The molecule has 6 heteroatoms. The minimum absolute atomic E-state index is 0.113. The van der Waals surface area contributed by atoms with Crippen molar-refractivity contribution in [2.75, 3.05) is 18.5 Å². The summed E-state index contributed by atoms with van der Waals surface area (Å²) in [6.45, 7) is 2.83. The van der Waals surface area contributed by atoms with Gasteiger partial charge in [0.25, 0.3) is 0 Å². The zero-order chi connectivity index (χ0) is 18.7. The van der Waals surface area contributed by atoms with Crippen LogP contribution in [0.3, 0.4) is 0 Å². The molecule has 5 nitrogen and oxygen atoms in total. The number of carbonyl (C=O) groups excluding carboxylic acids is 1. The highest BCUT2D eigenvalue weighted by molar-refractivity contribution is 7.89. The molecule has 1 heterocycles. The first-order valence-electron chi connectivity index (χ1n) is 8.83. The lowest BCUT2D eigenvalue weighted by Gasteiger charge is -2.30. The summed E-state index contributed by atoms with van der Waals surface area (Å²) >= 11 is 0. The van der Waals surface area contributed by atoms with Crippen molar-refractivity contribution in [2.45, 2.75) is 37.5 Å². The fraction of sp³-hybridized carbons (Fsp3) is 0.350. The van der Waals surface area contributed by atoms with Gasteiger partial charge in [0, 0.05) is 18.7 Å². The molecule has 138 valence electrons. The van der Waals surface area contributed by atoms with Crippen LogP contribution in [-0.2, 0) is 27.7 Å². The number of nitrogens with one attached hydrogen (secondary N) is 1. The highest BCUT2D eigenvalue weighted by Gasteiger charge is 2.22. The van der Waals surface area contributed by atoms with Gasteiger partial charge in [-0.25, -0.2) is 13.1 Å². The van der Waals surface area contributed by atoms with Crippen molar-refractivity contribution in [1.82, 2.24) is 4.72 Å². The van der Waals surface area contributed by atoms with Gasteiger partial charge in [-0.1, -0.05) is 29.8 Å². The first-order chi connectivity index (χ1) is 12.4. The molecule has 0 atom stereocenters. The maximum Gasteiger partial charge on any atom is 0.240 e. The average Bonchev–Trinajstić information content (AvgIpc) is 2.65. The van der Waals surface area contributed by atoms with Gasteiger partial charge >= 0.3 is 0 Å². The number of rotatable bonds is 5. The minimum Gasteiger partial charge on any atom is -0.312 e. The van der Waals surface area contributed by atoms with Gasteiger partial charge in [-0.15, -0.1) is 0 Å². The van der Waals surface area contributed by atoms with Gasteiger partial charge < -0.3 is 4.90 Å². The van der Waals surface area contributed by atoms with Crippen LogP contribution in [0.4, 0.5) is 5.69 Å². The molecule has 0 bridgehead atoms. The molecule has 1 N–H and O–H groups in total. The third kappa shape index (κ3) is 3.97. The summed E-state index contributed by atoms with van der Waals surface area (Å²) < 4.78 is 25.8. The lowest BCUT2D eigenvalue weighted by molar-refractivity contribution is -0.118. The van der Waals surface area contributed by atoms with Gasteiger partial charge in [0.1, 0.15) is 0 Å². The molecular formula is C20H24N2O3S. The van der Waals surface area contributed by atoms with Gasteiger partial charge in [0.05, 0.1) is 4.90 Å². The number of nitrogens with zero attached hydrogens (tertiary/aromatic N) is 1. The Balaban J connectivity index is 1.67. The summed E-state index contributed by atoms with van der Waals surface area (Å²) in [4.78, 5) is 14.8. The van der Waals surface area contributed by atoms with Gasteiger partial charge in [-0.3, -0.25) is 4.79 Å². The normalized spacial score (nSPS) is 14.2. The van der Waals surface area contributed by atoms with Crippen molar-refractivity contribution in [3.05, 3.63) is 59.2 Å². The van der Waals surface area contributed by atoms with Crippen LogP contribution in [0.2, 0.25) is 0 Å². The smallest absolute Gasteiger partial charge is 0.240 e. The predicted octanol–water partition coefficient (Wildman–Crippen LogP) is 2.82. The first kappa shape index (κ1) is 18.6. The average molecular weight is 372 g/mol. The highest BCUT2D eigenvalue weighted by atomic mass is 32.2. The van der Waals surface area contributed by atoms with Crippen LogP contribution in [0, 0.1) is 6.92 Å². The molecule has 0 saturated heterocycles. The van der Waals surface area contributed by atoms with E-state index in [4.69, 9.17) is 0 Å². The number of hydrogen-bond donors (Lipinski definition) is 1. The summed E-state index contributed by atoms with van der Waals surface area (Å²) in [6, 6.07) is 12.9. The standard InChI is InChI=1S/C20H24N2O3S/c1-15-5-11-19-17(14-15)4-3-13-22(19)20(23)12-8-16-6-9-18(10-7-16)26(24,25)21-2/h5-7,9-11,14,21H,3-4,8,12-13H2,1-2H3. The fourth-order valence-electron chi connectivity index (χ4n) is 3.32.